The van der Waals surface area contributed by atoms with Crippen molar-refractivity contribution in [1.82, 2.24) is 5.32 Å². The van der Waals surface area contributed by atoms with Gasteiger partial charge in [-0.2, -0.15) is 0 Å². The third-order valence-electron chi connectivity index (χ3n) is 1.58. The van der Waals surface area contributed by atoms with Crippen LogP contribution in [0.1, 0.15) is 26.2 Å². The van der Waals surface area contributed by atoms with Crippen LogP contribution in [0.5, 0.6) is 0 Å². The lowest BCUT2D eigenvalue weighted by molar-refractivity contribution is -0.117. The van der Waals surface area contributed by atoms with Gasteiger partial charge in [0.2, 0.25) is 5.91 Å². The fraction of sp³-hybridized carbons (Fsp3) is 0.889. The van der Waals surface area contributed by atoms with Crippen LogP contribution in [-0.4, -0.2) is 32.2 Å². The monoisotopic (exact) mass is 188 g/mol. The first-order chi connectivity index (χ1) is 6.27. The second kappa shape index (κ2) is 9.48. The van der Waals surface area contributed by atoms with Crippen LogP contribution >= 0.6 is 0 Å². The average Bonchev–Trinajstić information content (AvgIpc) is 2.09. The van der Waals surface area contributed by atoms with E-state index < -0.39 is 0 Å². The first-order valence-electron chi connectivity index (χ1n) is 4.84. The number of nitrogens with two attached hydrogens (primary N) is 1. The molecule has 13 heavy (non-hydrogen) atoms. The number of ether oxygens (including phenoxy) is 1. The number of unbranched alkanes of at least 4 members (excludes halogenated alkanes) is 1. The van der Waals surface area contributed by atoms with Gasteiger partial charge >= 0.3 is 0 Å². The van der Waals surface area contributed by atoms with Crippen LogP contribution in [0.3, 0.4) is 0 Å². The van der Waals surface area contributed by atoms with Crippen LogP contribution in [0.2, 0.25) is 0 Å². The number of nitrogens with one attached hydrogen (secondary N) is 1. The molecule has 0 spiro atoms. The topological polar surface area (TPSA) is 64.3 Å². The maximum absolute atomic E-state index is 10.3. The molecule has 1 amide bonds. The lowest BCUT2D eigenvalue weighted by Gasteiger charge is -2.03. The van der Waals surface area contributed by atoms with Gasteiger partial charge in [-0.3, -0.25) is 4.79 Å². The van der Waals surface area contributed by atoms with Crippen LogP contribution in [0.4, 0.5) is 0 Å². The number of carbonyl (C=O) groups is 1. The standard InChI is InChI=1S/C9H20N2O2/c1-2-3-6-13-7-4-5-11-8-9(10)12/h11H,2-8H2,1H3,(H2,10,12). The summed E-state index contributed by atoms with van der Waals surface area (Å²) in [5.41, 5.74) is 4.94. The quantitative estimate of drug-likeness (QED) is 0.510. The molecule has 0 aromatic heterocycles. The van der Waals surface area contributed by atoms with Gasteiger partial charge in [0.05, 0.1) is 6.54 Å². The molecule has 0 bridgehead atoms. The Hall–Kier alpha value is -0.610. The fourth-order valence-corrected chi connectivity index (χ4v) is 0.859. The van der Waals surface area contributed by atoms with Crippen molar-refractivity contribution in [3.05, 3.63) is 0 Å². The third kappa shape index (κ3) is 11.4. The van der Waals surface area contributed by atoms with Gasteiger partial charge in [0.25, 0.3) is 0 Å². The molecule has 0 heterocycles. The molecule has 0 saturated carbocycles. The molecule has 4 heteroatoms. The van der Waals surface area contributed by atoms with E-state index in [1.165, 1.54) is 6.42 Å². The lowest BCUT2D eigenvalue weighted by Crippen LogP contribution is -2.29. The maximum Gasteiger partial charge on any atom is 0.231 e. The van der Waals surface area contributed by atoms with Gasteiger partial charge in [-0.05, 0) is 19.4 Å². The Bertz CT molecular complexity index is 129. The highest BCUT2D eigenvalue weighted by Crippen LogP contribution is 1.88. The van der Waals surface area contributed by atoms with Gasteiger partial charge in [0, 0.05) is 13.2 Å². The highest BCUT2D eigenvalue weighted by molar-refractivity contribution is 5.75. The Balaban J connectivity index is 2.87. The average molecular weight is 188 g/mol. The summed E-state index contributed by atoms with van der Waals surface area (Å²) in [6.45, 7) is 4.78. The zero-order valence-electron chi connectivity index (χ0n) is 8.34. The Morgan fingerprint density at radius 3 is 2.69 bits per heavy atom. The first kappa shape index (κ1) is 12.4. The molecule has 0 saturated heterocycles. The van der Waals surface area contributed by atoms with Crippen LogP contribution in [0.15, 0.2) is 0 Å². The van der Waals surface area contributed by atoms with Crippen LogP contribution in [0.25, 0.3) is 0 Å². The molecule has 0 aliphatic heterocycles. The molecule has 0 aromatic rings. The van der Waals surface area contributed by atoms with E-state index in [1.54, 1.807) is 0 Å². The normalized spacial score (nSPS) is 10.2. The molecule has 78 valence electrons. The summed E-state index contributed by atoms with van der Waals surface area (Å²) in [6.07, 6.45) is 3.21. The fourth-order valence-electron chi connectivity index (χ4n) is 0.859. The third-order valence-corrected chi connectivity index (χ3v) is 1.58. The molecule has 0 atom stereocenters. The summed E-state index contributed by atoms with van der Waals surface area (Å²) >= 11 is 0. The minimum absolute atomic E-state index is 0.259. The van der Waals surface area contributed by atoms with Crippen LogP contribution < -0.4 is 11.1 Å². The van der Waals surface area contributed by atoms with Gasteiger partial charge < -0.3 is 15.8 Å². The van der Waals surface area contributed by atoms with E-state index in [4.69, 9.17) is 10.5 Å². The molecular formula is C9H20N2O2. The van der Waals surface area contributed by atoms with Crippen molar-refractivity contribution in [2.45, 2.75) is 26.2 Å². The van der Waals surface area contributed by atoms with Gasteiger partial charge in [0.15, 0.2) is 0 Å². The molecule has 0 unspecified atom stereocenters. The number of primary amides is 1. The summed E-state index contributed by atoms with van der Waals surface area (Å²) in [4.78, 5) is 10.3. The van der Waals surface area contributed by atoms with Gasteiger partial charge in [-0.15, -0.1) is 0 Å². The number of carbonyl (C=O) groups excluding carboxylic acids is 1. The van der Waals surface area contributed by atoms with Crippen molar-refractivity contribution in [3.63, 3.8) is 0 Å². The van der Waals surface area contributed by atoms with Crippen LogP contribution in [-0.2, 0) is 9.53 Å². The maximum atomic E-state index is 10.3. The van der Waals surface area contributed by atoms with Crippen molar-refractivity contribution in [1.29, 1.82) is 0 Å². The van der Waals surface area contributed by atoms with E-state index in [1.807, 2.05) is 0 Å². The number of hydrogen-bond acceptors (Lipinski definition) is 3. The Morgan fingerprint density at radius 2 is 2.08 bits per heavy atom. The molecule has 0 radical (unpaired) electrons. The van der Waals surface area contributed by atoms with Gasteiger partial charge in [-0.1, -0.05) is 13.3 Å². The molecule has 0 fully saturated rings. The second-order valence-electron chi connectivity index (χ2n) is 2.96. The molecule has 3 N–H and O–H groups in total. The minimum Gasteiger partial charge on any atom is -0.381 e. The molecule has 0 aliphatic carbocycles. The van der Waals surface area contributed by atoms with Crippen molar-refractivity contribution < 1.29 is 9.53 Å². The van der Waals surface area contributed by atoms with E-state index in [2.05, 4.69) is 12.2 Å². The second-order valence-corrected chi connectivity index (χ2v) is 2.96. The summed E-state index contributed by atoms with van der Waals surface area (Å²) < 4.78 is 5.32. The lowest BCUT2D eigenvalue weighted by atomic mass is 10.4. The molecule has 0 aliphatic rings. The van der Waals surface area contributed by atoms with Crippen molar-refractivity contribution in [2.24, 2.45) is 5.73 Å². The van der Waals surface area contributed by atoms with E-state index in [0.29, 0.717) is 0 Å². The first-order valence-corrected chi connectivity index (χ1v) is 4.84. The van der Waals surface area contributed by atoms with E-state index in [9.17, 15) is 4.79 Å². The minimum atomic E-state index is -0.313. The molecular weight excluding hydrogens is 168 g/mol. The Kier molecular flexibility index (Phi) is 9.03. The van der Waals surface area contributed by atoms with E-state index >= 15 is 0 Å². The van der Waals surface area contributed by atoms with Crippen LogP contribution in [0, 0.1) is 0 Å². The Labute approximate surface area is 79.8 Å². The SMILES string of the molecule is CCCCOCCCNCC(N)=O. The van der Waals surface area contributed by atoms with Crippen molar-refractivity contribution >= 4 is 5.91 Å². The number of amides is 1. The zero-order chi connectivity index (χ0) is 9.94. The summed E-state index contributed by atoms with van der Waals surface area (Å²) in [5.74, 6) is -0.313. The number of rotatable bonds is 9. The van der Waals surface area contributed by atoms with Gasteiger partial charge in [-0.25, -0.2) is 0 Å². The smallest absolute Gasteiger partial charge is 0.231 e. The largest absolute Gasteiger partial charge is 0.381 e. The molecule has 4 nitrogen and oxygen atoms in total. The Morgan fingerprint density at radius 1 is 1.38 bits per heavy atom. The highest BCUT2D eigenvalue weighted by atomic mass is 16.5. The van der Waals surface area contributed by atoms with E-state index in [0.717, 1.165) is 32.6 Å². The van der Waals surface area contributed by atoms with Crippen molar-refractivity contribution in [3.8, 4) is 0 Å². The van der Waals surface area contributed by atoms with E-state index in [-0.39, 0.29) is 12.5 Å². The predicted molar refractivity (Wildman–Crippen MR) is 52.4 cm³/mol. The summed E-state index contributed by atoms with van der Waals surface area (Å²) in [6, 6.07) is 0. The van der Waals surface area contributed by atoms with Gasteiger partial charge in [0.1, 0.15) is 0 Å². The highest BCUT2D eigenvalue weighted by Gasteiger charge is 1.92. The predicted octanol–water partition coefficient (Wildman–Crippen LogP) is 0.268. The zero-order valence-corrected chi connectivity index (χ0v) is 8.34. The molecule has 0 rings (SSSR count). The van der Waals surface area contributed by atoms with Crippen molar-refractivity contribution in [2.75, 3.05) is 26.3 Å². The summed E-state index contributed by atoms with van der Waals surface area (Å²) in [7, 11) is 0. The number of hydrogen-bond donors (Lipinski definition) is 2. The molecule has 0 aromatic carbocycles. The summed E-state index contributed by atoms with van der Waals surface area (Å²) in [5, 5.41) is 2.92.